The fourth-order valence-corrected chi connectivity index (χ4v) is 2.48. The maximum Gasteiger partial charge on any atom is 0.254 e. The minimum absolute atomic E-state index is 0.277. The number of halogens is 1. The van der Waals surface area contributed by atoms with Gasteiger partial charge in [0.1, 0.15) is 6.04 Å². The number of benzene rings is 2. The average Bonchev–Trinajstić information content (AvgIpc) is 2.56. The molecule has 120 valence electrons. The summed E-state index contributed by atoms with van der Waals surface area (Å²) in [5.41, 5.74) is 6.70. The quantitative estimate of drug-likeness (QED) is 0.615. The van der Waals surface area contributed by atoms with Crippen LogP contribution in [0.5, 0.6) is 0 Å². The largest absolute Gasteiger partial charge is 0.378 e. The summed E-state index contributed by atoms with van der Waals surface area (Å²) in [7, 11) is 0. The third-order valence-electron chi connectivity index (χ3n) is 3.38. The van der Waals surface area contributed by atoms with Crippen molar-refractivity contribution in [3.05, 3.63) is 69.3 Å². The Morgan fingerprint density at radius 3 is 2.26 bits per heavy atom. The van der Waals surface area contributed by atoms with Gasteiger partial charge in [-0.15, -0.1) is 0 Å². The highest BCUT2D eigenvalue weighted by atomic mass is 127. The highest BCUT2D eigenvalue weighted by Gasteiger charge is 2.23. The van der Waals surface area contributed by atoms with Crippen LogP contribution in [0.4, 0.5) is 0 Å². The van der Waals surface area contributed by atoms with Crippen LogP contribution >= 0.6 is 22.6 Å². The number of hydrogen-bond acceptors (Lipinski definition) is 3. The van der Waals surface area contributed by atoms with Crippen LogP contribution in [0.25, 0.3) is 0 Å². The second-order valence-corrected chi connectivity index (χ2v) is 6.35. The molecule has 0 spiro atoms. The van der Waals surface area contributed by atoms with Gasteiger partial charge in [-0.2, -0.15) is 0 Å². The number of carbonyl (C=O) groups is 2. The van der Waals surface area contributed by atoms with E-state index in [0.29, 0.717) is 5.56 Å². The fraction of sp³-hybridized carbons (Fsp3) is 0.176. The predicted octanol–water partition coefficient (Wildman–Crippen LogP) is 1.54. The molecule has 23 heavy (non-hydrogen) atoms. The van der Waals surface area contributed by atoms with Crippen molar-refractivity contribution in [2.45, 2.75) is 18.6 Å². The second-order valence-electron chi connectivity index (χ2n) is 5.11. The Labute approximate surface area is 148 Å². The van der Waals surface area contributed by atoms with Gasteiger partial charge in [-0.3, -0.25) is 9.59 Å². The lowest BCUT2D eigenvalue weighted by Crippen LogP contribution is -2.47. The smallest absolute Gasteiger partial charge is 0.254 e. The van der Waals surface area contributed by atoms with Crippen LogP contribution in [0.1, 0.15) is 17.2 Å². The third-order valence-corrected chi connectivity index (χ3v) is 4.10. The molecular weight excluding hydrogens is 407 g/mol. The summed E-state index contributed by atoms with van der Waals surface area (Å²) in [6.07, 6.45) is -1.06. The zero-order chi connectivity index (χ0) is 16.8. The first-order chi connectivity index (χ1) is 11.0. The van der Waals surface area contributed by atoms with Crippen LogP contribution in [0.15, 0.2) is 54.6 Å². The molecule has 4 N–H and O–H groups in total. The Kier molecular flexibility index (Phi) is 6.12. The van der Waals surface area contributed by atoms with E-state index in [1.165, 1.54) is 0 Å². The first-order valence-corrected chi connectivity index (χ1v) is 8.12. The first-order valence-electron chi connectivity index (χ1n) is 7.04. The molecule has 0 unspecified atom stereocenters. The molecule has 0 fully saturated rings. The Balaban J connectivity index is 2.05. The molecule has 2 aromatic carbocycles. The fourth-order valence-electron chi connectivity index (χ4n) is 2.12. The number of carbonyl (C=O) groups excluding carboxylic acids is 2. The molecule has 0 aliphatic carbocycles. The Morgan fingerprint density at radius 2 is 1.70 bits per heavy atom. The normalized spacial score (nSPS) is 13.1. The zero-order valence-corrected chi connectivity index (χ0v) is 14.4. The molecule has 0 aliphatic heterocycles. The predicted molar refractivity (Wildman–Crippen MR) is 95.4 cm³/mol. The van der Waals surface area contributed by atoms with Gasteiger partial charge in [0.25, 0.3) is 5.91 Å². The molecular formula is C17H17IN2O3. The molecule has 0 heterocycles. The number of hydrogen-bond donors (Lipinski definition) is 3. The molecule has 5 nitrogen and oxygen atoms in total. The minimum Gasteiger partial charge on any atom is -0.378 e. The molecule has 0 saturated carbocycles. The molecule has 0 aromatic heterocycles. The van der Waals surface area contributed by atoms with Crippen LogP contribution < -0.4 is 11.1 Å². The highest BCUT2D eigenvalue weighted by Crippen LogP contribution is 2.13. The van der Waals surface area contributed by atoms with Gasteiger partial charge in [0.05, 0.1) is 0 Å². The Hall–Kier alpha value is -1.93. The summed E-state index contributed by atoms with van der Waals surface area (Å²) >= 11 is 2.18. The molecule has 0 saturated heterocycles. The summed E-state index contributed by atoms with van der Waals surface area (Å²) in [5.74, 6) is -1.29. The van der Waals surface area contributed by atoms with Gasteiger partial charge in [-0.05, 0) is 45.9 Å². The minimum atomic E-state index is -1.34. The first kappa shape index (κ1) is 17.4. The number of rotatable bonds is 6. The summed E-state index contributed by atoms with van der Waals surface area (Å²) in [5, 5.41) is 12.6. The average molecular weight is 424 g/mol. The van der Waals surface area contributed by atoms with Gasteiger partial charge in [0, 0.05) is 9.99 Å². The van der Waals surface area contributed by atoms with E-state index in [2.05, 4.69) is 27.9 Å². The van der Waals surface area contributed by atoms with Crippen molar-refractivity contribution in [3.8, 4) is 0 Å². The van der Waals surface area contributed by atoms with Crippen molar-refractivity contribution in [1.29, 1.82) is 0 Å². The molecule has 2 atom stereocenters. The molecule has 0 radical (unpaired) electrons. The van der Waals surface area contributed by atoms with E-state index in [-0.39, 0.29) is 6.42 Å². The second kappa shape index (κ2) is 8.07. The van der Waals surface area contributed by atoms with Gasteiger partial charge in [-0.25, -0.2) is 0 Å². The van der Waals surface area contributed by atoms with Crippen molar-refractivity contribution in [1.82, 2.24) is 5.32 Å². The topological polar surface area (TPSA) is 92.4 Å². The Morgan fingerprint density at radius 1 is 1.09 bits per heavy atom. The Bertz CT molecular complexity index is 674. The molecule has 0 aliphatic rings. The number of aliphatic hydroxyl groups is 1. The molecule has 2 amide bonds. The molecule has 2 rings (SSSR count). The van der Waals surface area contributed by atoms with Gasteiger partial charge < -0.3 is 16.2 Å². The van der Waals surface area contributed by atoms with E-state index in [1.54, 1.807) is 30.3 Å². The van der Waals surface area contributed by atoms with Crippen LogP contribution in [0, 0.1) is 3.57 Å². The van der Waals surface area contributed by atoms with E-state index < -0.39 is 24.0 Å². The number of nitrogens with one attached hydrogen (secondary N) is 1. The standard InChI is InChI=1S/C17H17IN2O3/c18-13-8-6-11(7-9-13)10-14(16(19)22)20-17(23)15(21)12-4-2-1-3-5-12/h1-9,14-15,21H,10H2,(H2,19,22)(H,20,23)/t14-,15-/m0/s1. The van der Waals surface area contributed by atoms with Gasteiger partial charge >= 0.3 is 0 Å². The van der Waals surface area contributed by atoms with Crippen molar-refractivity contribution >= 4 is 34.4 Å². The number of amides is 2. The van der Waals surface area contributed by atoms with Gasteiger partial charge in [-0.1, -0.05) is 42.5 Å². The molecule has 2 aromatic rings. The monoisotopic (exact) mass is 424 g/mol. The van der Waals surface area contributed by atoms with Crippen LogP contribution in [-0.4, -0.2) is 23.0 Å². The number of aliphatic hydroxyl groups excluding tert-OH is 1. The van der Waals surface area contributed by atoms with Crippen LogP contribution in [0.2, 0.25) is 0 Å². The maximum absolute atomic E-state index is 12.1. The van der Waals surface area contributed by atoms with E-state index in [9.17, 15) is 14.7 Å². The van der Waals surface area contributed by atoms with Crippen molar-refractivity contribution in [3.63, 3.8) is 0 Å². The van der Waals surface area contributed by atoms with Crippen LogP contribution in [0.3, 0.4) is 0 Å². The third kappa shape index (κ3) is 5.04. The van der Waals surface area contributed by atoms with E-state index >= 15 is 0 Å². The highest BCUT2D eigenvalue weighted by molar-refractivity contribution is 14.1. The van der Waals surface area contributed by atoms with Crippen molar-refractivity contribution < 1.29 is 14.7 Å². The van der Waals surface area contributed by atoms with Crippen molar-refractivity contribution in [2.24, 2.45) is 5.73 Å². The van der Waals surface area contributed by atoms with Crippen molar-refractivity contribution in [2.75, 3.05) is 0 Å². The van der Waals surface area contributed by atoms with E-state index in [1.807, 2.05) is 24.3 Å². The van der Waals surface area contributed by atoms with E-state index in [4.69, 9.17) is 5.73 Å². The molecule has 0 bridgehead atoms. The van der Waals surface area contributed by atoms with Gasteiger partial charge in [0.2, 0.25) is 5.91 Å². The maximum atomic E-state index is 12.1. The zero-order valence-electron chi connectivity index (χ0n) is 12.3. The lowest BCUT2D eigenvalue weighted by Gasteiger charge is -2.18. The van der Waals surface area contributed by atoms with E-state index in [0.717, 1.165) is 9.13 Å². The SMILES string of the molecule is NC(=O)[C@H](Cc1ccc(I)cc1)NC(=O)[C@@H](O)c1ccccc1. The molecule has 6 heteroatoms. The summed E-state index contributed by atoms with van der Waals surface area (Å²) < 4.78 is 1.07. The summed E-state index contributed by atoms with van der Waals surface area (Å²) in [6.45, 7) is 0. The lowest BCUT2D eigenvalue weighted by atomic mass is 10.0. The summed E-state index contributed by atoms with van der Waals surface area (Å²) in [4.78, 5) is 23.7. The summed E-state index contributed by atoms with van der Waals surface area (Å²) in [6, 6.07) is 15.2. The number of nitrogens with two attached hydrogens (primary N) is 1. The van der Waals surface area contributed by atoms with Crippen LogP contribution in [-0.2, 0) is 16.0 Å². The lowest BCUT2D eigenvalue weighted by molar-refractivity contribution is -0.133. The van der Waals surface area contributed by atoms with Gasteiger partial charge in [0.15, 0.2) is 6.10 Å². The number of primary amides is 1.